The van der Waals surface area contributed by atoms with Gasteiger partial charge < -0.3 is 15.7 Å². The Hall–Kier alpha value is -0.610. The van der Waals surface area contributed by atoms with E-state index in [1.165, 1.54) is 6.42 Å². The molecule has 0 unspecified atom stereocenters. The largest absolute Gasteiger partial charge is 0.480 e. The SMILES string of the molecule is CCCN1CCC(C[C@@H](N)C(=O)O)CC1. The van der Waals surface area contributed by atoms with Crippen molar-refractivity contribution in [3.63, 3.8) is 0 Å². The van der Waals surface area contributed by atoms with Gasteiger partial charge in [0.25, 0.3) is 0 Å². The van der Waals surface area contributed by atoms with Crippen molar-refractivity contribution in [3.8, 4) is 0 Å². The Labute approximate surface area is 91.4 Å². The normalized spacial score (nSPS) is 21.5. The molecule has 1 aliphatic rings. The van der Waals surface area contributed by atoms with Crippen LogP contribution in [0.1, 0.15) is 32.6 Å². The first-order valence-electron chi connectivity index (χ1n) is 5.84. The van der Waals surface area contributed by atoms with E-state index in [9.17, 15) is 4.79 Å². The number of nitrogens with zero attached hydrogens (tertiary/aromatic N) is 1. The van der Waals surface area contributed by atoms with Gasteiger partial charge in [-0.05, 0) is 51.2 Å². The second kappa shape index (κ2) is 6.08. The predicted octanol–water partition coefficient (Wildman–Crippen LogP) is 0.910. The average Bonchev–Trinajstić information content (AvgIpc) is 2.21. The Morgan fingerprint density at radius 1 is 1.53 bits per heavy atom. The van der Waals surface area contributed by atoms with E-state index in [-0.39, 0.29) is 0 Å². The average molecular weight is 214 g/mol. The first kappa shape index (κ1) is 12.5. The highest BCUT2D eigenvalue weighted by atomic mass is 16.4. The summed E-state index contributed by atoms with van der Waals surface area (Å²) in [4.78, 5) is 13.1. The third-order valence-electron chi connectivity index (χ3n) is 3.15. The Kier molecular flexibility index (Phi) is 5.05. The number of carboxylic acids is 1. The van der Waals surface area contributed by atoms with Crippen molar-refractivity contribution < 1.29 is 9.90 Å². The van der Waals surface area contributed by atoms with E-state index in [2.05, 4.69) is 11.8 Å². The first-order chi connectivity index (χ1) is 7.13. The van der Waals surface area contributed by atoms with Crippen LogP contribution in [0.4, 0.5) is 0 Å². The van der Waals surface area contributed by atoms with Gasteiger partial charge in [-0.15, -0.1) is 0 Å². The highest BCUT2D eigenvalue weighted by Crippen LogP contribution is 2.21. The molecule has 0 spiro atoms. The molecule has 0 radical (unpaired) electrons. The molecule has 1 heterocycles. The maximum absolute atomic E-state index is 10.6. The number of rotatable bonds is 5. The second-order valence-corrected chi connectivity index (χ2v) is 4.47. The zero-order valence-electron chi connectivity index (χ0n) is 9.48. The van der Waals surface area contributed by atoms with E-state index >= 15 is 0 Å². The minimum Gasteiger partial charge on any atom is -0.480 e. The molecular weight excluding hydrogens is 192 g/mol. The number of hydrogen-bond acceptors (Lipinski definition) is 3. The van der Waals surface area contributed by atoms with E-state index in [1.807, 2.05) is 0 Å². The molecule has 88 valence electrons. The van der Waals surface area contributed by atoms with Crippen LogP contribution in [0.2, 0.25) is 0 Å². The number of hydrogen-bond donors (Lipinski definition) is 2. The summed E-state index contributed by atoms with van der Waals surface area (Å²) in [5.41, 5.74) is 5.53. The summed E-state index contributed by atoms with van der Waals surface area (Å²) in [6.07, 6.45) is 4.02. The van der Waals surface area contributed by atoms with Crippen molar-refractivity contribution in [3.05, 3.63) is 0 Å². The number of carbonyl (C=O) groups is 1. The molecule has 0 aromatic carbocycles. The van der Waals surface area contributed by atoms with Crippen LogP contribution in [-0.4, -0.2) is 41.7 Å². The molecule has 3 N–H and O–H groups in total. The highest BCUT2D eigenvalue weighted by Gasteiger charge is 2.23. The fourth-order valence-electron chi connectivity index (χ4n) is 2.22. The number of piperidine rings is 1. The Morgan fingerprint density at radius 3 is 2.60 bits per heavy atom. The van der Waals surface area contributed by atoms with Crippen molar-refractivity contribution in [2.45, 2.75) is 38.6 Å². The van der Waals surface area contributed by atoms with E-state index < -0.39 is 12.0 Å². The maximum Gasteiger partial charge on any atom is 0.320 e. The standard InChI is InChI=1S/C11H22N2O2/c1-2-5-13-6-3-9(4-7-13)8-10(12)11(14)15/h9-10H,2-8,12H2,1H3,(H,14,15)/t10-/m1/s1. The van der Waals surface area contributed by atoms with Crippen molar-refractivity contribution >= 4 is 5.97 Å². The Bertz CT molecular complexity index is 201. The van der Waals surface area contributed by atoms with Crippen LogP contribution >= 0.6 is 0 Å². The quantitative estimate of drug-likeness (QED) is 0.714. The molecule has 0 aliphatic carbocycles. The number of likely N-dealkylation sites (tertiary alicyclic amines) is 1. The van der Waals surface area contributed by atoms with Crippen LogP contribution in [0.25, 0.3) is 0 Å². The third kappa shape index (κ3) is 4.18. The van der Waals surface area contributed by atoms with Gasteiger partial charge in [-0.1, -0.05) is 6.92 Å². The minimum absolute atomic E-state index is 0.504. The van der Waals surface area contributed by atoms with Crippen molar-refractivity contribution in [1.82, 2.24) is 4.90 Å². The topological polar surface area (TPSA) is 66.6 Å². The van der Waals surface area contributed by atoms with E-state index in [0.717, 1.165) is 32.5 Å². The van der Waals surface area contributed by atoms with Crippen LogP contribution in [-0.2, 0) is 4.79 Å². The number of carboxylic acid groups (broad SMARTS) is 1. The molecule has 0 amide bonds. The number of aliphatic carboxylic acids is 1. The zero-order valence-corrected chi connectivity index (χ0v) is 9.48. The molecular formula is C11H22N2O2. The molecule has 1 rings (SSSR count). The Morgan fingerprint density at radius 2 is 2.13 bits per heavy atom. The lowest BCUT2D eigenvalue weighted by molar-refractivity contribution is -0.139. The van der Waals surface area contributed by atoms with Gasteiger partial charge in [0.15, 0.2) is 0 Å². The molecule has 1 saturated heterocycles. The van der Waals surface area contributed by atoms with Crippen LogP contribution in [0.15, 0.2) is 0 Å². The molecule has 1 fully saturated rings. The van der Waals surface area contributed by atoms with Crippen molar-refractivity contribution in [2.75, 3.05) is 19.6 Å². The summed E-state index contributed by atoms with van der Waals surface area (Å²) in [6, 6.07) is -0.673. The summed E-state index contributed by atoms with van der Waals surface area (Å²) in [5, 5.41) is 8.71. The molecule has 0 aromatic heterocycles. The van der Waals surface area contributed by atoms with Crippen LogP contribution in [0, 0.1) is 5.92 Å². The van der Waals surface area contributed by atoms with Crippen LogP contribution in [0.3, 0.4) is 0 Å². The smallest absolute Gasteiger partial charge is 0.320 e. The lowest BCUT2D eigenvalue weighted by Gasteiger charge is -2.32. The molecule has 1 atom stereocenters. The van der Waals surface area contributed by atoms with Gasteiger partial charge in [0.2, 0.25) is 0 Å². The van der Waals surface area contributed by atoms with E-state index in [0.29, 0.717) is 12.3 Å². The van der Waals surface area contributed by atoms with E-state index in [4.69, 9.17) is 10.8 Å². The second-order valence-electron chi connectivity index (χ2n) is 4.47. The van der Waals surface area contributed by atoms with Gasteiger partial charge in [-0.2, -0.15) is 0 Å². The summed E-state index contributed by atoms with van der Waals surface area (Å²) < 4.78 is 0. The molecule has 0 aromatic rings. The van der Waals surface area contributed by atoms with Gasteiger partial charge in [0.1, 0.15) is 6.04 Å². The van der Waals surface area contributed by atoms with Gasteiger partial charge >= 0.3 is 5.97 Å². The lowest BCUT2D eigenvalue weighted by atomic mass is 9.90. The van der Waals surface area contributed by atoms with Gasteiger partial charge in [0, 0.05) is 0 Å². The summed E-state index contributed by atoms with van der Waals surface area (Å²) in [5.74, 6) is -0.366. The molecule has 15 heavy (non-hydrogen) atoms. The maximum atomic E-state index is 10.6. The Balaban J connectivity index is 2.22. The molecule has 0 saturated carbocycles. The number of nitrogens with two attached hydrogens (primary N) is 1. The lowest BCUT2D eigenvalue weighted by Crippen LogP contribution is -2.38. The van der Waals surface area contributed by atoms with Gasteiger partial charge in [0.05, 0.1) is 0 Å². The highest BCUT2D eigenvalue weighted by molar-refractivity contribution is 5.73. The first-order valence-corrected chi connectivity index (χ1v) is 5.84. The molecule has 1 aliphatic heterocycles. The van der Waals surface area contributed by atoms with Crippen molar-refractivity contribution in [1.29, 1.82) is 0 Å². The summed E-state index contributed by atoms with van der Waals surface area (Å²) in [7, 11) is 0. The van der Waals surface area contributed by atoms with Gasteiger partial charge in [-0.25, -0.2) is 0 Å². The van der Waals surface area contributed by atoms with Crippen LogP contribution in [0.5, 0.6) is 0 Å². The summed E-state index contributed by atoms with van der Waals surface area (Å²) >= 11 is 0. The fraction of sp³-hybridized carbons (Fsp3) is 0.909. The molecule has 0 bridgehead atoms. The zero-order chi connectivity index (χ0) is 11.3. The summed E-state index contributed by atoms with van der Waals surface area (Å²) in [6.45, 7) is 5.56. The monoisotopic (exact) mass is 214 g/mol. The van der Waals surface area contributed by atoms with Crippen molar-refractivity contribution in [2.24, 2.45) is 11.7 Å². The molecule has 4 heteroatoms. The predicted molar refractivity (Wildman–Crippen MR) is 59.7 cm³/mol. The minimum atomic E-state index is -0.869. The van der Waals surface area contributed by atoms with Gasteiger partial charge in [-0.3, -0.25) is 4.79 Å². The molecule has 4 nitrogen and oxygen atoms in total. The van der Waals surface area contributed by atoms with Crippen LogP contribution < -0.4 is 5.73 Å². The third-order valence-corrected chi connectivity index (χ3v) is 3.15. The van der Waals surface area contributed by atoms with E-state index in [1.54, 1.807) is 0 Å². The fourth-order valence-corrected chi connectivity index (χ4v) is 2.22.